The van der Waals surface area contributed by atoms with Gasteiger partial charge in [0.05, 0.1) is 0 Å². The Balaban J connectivity index is 2.14. The molecule has 0 bridgehead atoms. The topological polar surface area (TPSA) is 26.3 Å². The maximum atomic E-state index is 11.8. The Labute approximate surface area is 125 Å². The lowest BCUT2D eigenvalue weighted by atomic mass is 9.99. The van der Waals surface area contributed by atoms with Crippen molar-refractivity contribution in [3.63, 3.8) is 0 Å². The van der Waals surface area contributed by atoms with Crippen molar-refractivity contribution in [2.45, 2.75) is 77.1 Å². The van der Waals surface area contributed by atoms with Crippen LogP contribution < -0.4 is 0 Å². The minimum atomic E-state index is -1.80. The molecule has 2 aliphatic carbocycles. The Morgan fingerprint density at radius 2 is 1.60 bits per heavy atom. The second kappa shape index (κ2) is 5.76. The Kier molecular flexibility index (Phi) is 4.60. The molecule has 0 spiro atoms. The Hall–Kier alpha value is -0.413. The molecule has 0 N–H and O–H groups in total. The zero-order valence-electron chi connectivity index (χ0n) is 13.8. The number of hydrogen-bond donors (Lipinski definition) is 0. The minimum Gasteiger partial charge on any atom is -0.413 e. The van der Waals surface area contributed by atoms with E-state index in [1.807, 2.05) is 0 Å². The minimum absolute atomic E-state index is 0.221. The SMILES string of the molecule is CC(C)[Si](O[C@@H]1C[C@H]2C=CC(=O)[C@H]2C1)(C(C)C)C(C)C. The van der Waals surface area contributed by atoms with Crippen LogP contribution in [0.3, 0.4) is 0 Å². The third-order valence-corrected chi connectivity index (χ3v) is 11.7. The number of rotatable bonds is 5. The van der Waals surface area contributed by atoms with E-state index in [2.05, 4.69) is 47.6 Å². The Morgan fingerprint density at radius 3 is 2.05 bits per heavy atom. The van der Waals surface area contributed by atoms with Gasteiger partial charge in [0, 0.05) is 12.0 Å². The first-order valence-corrected chi connectivity index (χ1v) is 10.3. The van der Waals surface area contributed by atoms with Crippen LogP contribution in [-0.4, -0.2) is 20.2 Å². The third-order valence-electron chi connectivity index (χ3n) is 5.52. The van der Waals surface area contributed by atoms with Gasteiger partial charge in [0.15, 0.2) is 5.78 Å². The van der Waals surface area contributed by atoms with Gasteiger partial charge in [-0.2, -0.15) is 0 Å². The van der Waals surface area contributed by atoms with E-state index in [1.165, 1.54) is 0 Å². The van der Waals surface area contributed by atoms with Crippen molar-refractivity contribution in [1.29, 1.82) is 0 Å². The molecule has 0 radical (unpaired) electrons. The molecule has 0 saturated heterocycles. The van der Waals surface area contributed by atoms with Gasteiger partial charge in [0.2, 0.25) is 8.32 Å². The summed E-state index contributed by atoms with van der Waals surface area (Å²) >= 11 is 0. The van der Waals surface area contributed by atoms with Gasteiger partial charge in [-0.3, -0.25) is 4.79 Å². The molecule has 3 heteroatoms. The molecule has 0 aromatic carbocycles. The molecule has 20 heavy (non-hydrogen) atoms. The van der Waals surface area contributed by atoms with Gasteiger partial charge in [-0.25, -0.2) is 0 Å². The molecule has 2 rings (SSSR count). The van der Waals surface area contributed by atoms with E-state index >= 15 is 0 Å². The van der Waals surface area contributed by atoms with E-state index in [0.29, 0.717) is 34.4 Å². The molecule has 0 amide bonds. The lowest BCUT2D eigenvalue weighted by Gasteiger charge is -2.44. The molecule has 0 aliphatic heterocycles. The average molecular weight is 295 g/mol. The molecular weight excluding hydrogens is 264 g/mol. The molecule has 1 saturated carbocycles. The molecule has 2 nitrogen and oxygen atoms in total. The molecule has 1 fully saturated rings. The zero-order valence-corrected chi connectivity index (χ0v) is 14.8. The van der Waals surface area contributed by atoms with Crippen LogP contribution in [0, 0.1) is 11.8 Å². The van der Waals surface area contributed by atoms with Gasteiger partial charge in [-0.15, -0.1) is 0 Å². The van der Waals surface area contributed by atoms with Crippen molar-refractivity contribution in [1.82, 2.24) is 0 Å². The number of carbonyl (C=O) groups excluding carboxylic acids is 1. The zero-order chi connectivity index (χ0) is 15.1. The summed E-state index contributed by atoms with van der Waals surface area (Å²) in [7, 11) is -1.80. The van der Waals surface area contributed by atoms with Gasteiger partial charge in [-0.1, -0.05) is 47.6 Å². The van der Waals surface area contributed by atoms with Crippen molar-refractivity contribution < 1.29 is 9.22 Å². The quantitative estimate of drug-likeness (QED) is 0.686. The lowest BCUT2D eigenvalue weighted by molar-refractivity contribution is -0.118. The fourth-order valence-corrected chi connectivity index (χ4v) is 10.3. The Bertz CT molecular complexity index is 376. The monoisotopic (exact) mass is 294 g/mol. The van der Waals surface area contributed by atoms with Crippen molar-refractivity contribution in [2.75, 3.05) is 0 Å². The van der Waals surface area contributed by atoms with E-state index in [1.54, 1.807) is 6.08 Å². The molecule has 0 heterocycles. The molecule has 3 atom stereocenters. The van der Waals surface area contributed by atoms with Crippen LogP contribution >= 0.6 is 0 Å². The highest BCUT2D eigenvalue weighted by Crippen LogP contribution is 2.47. The average Bonchev–Trinajstić information content (AvgIpc) is 2.87. The van der Waals surface area contributed by atoms with Crippen LogP contribution in [0.4, 0.5) is 0 Å². The summed E-state index contributed by atoms with van der Waals surface area (Å²) in [6.45, 7) is 14.0. The van der Waals surface area contributed by atoms with Gasteiger partial charge >= 0.3 is 0 Å². The highest BCUT2D eigenvalue weighted by Gasteiger charge is 2.49. The summed E-state index contributed by atoms with van der Waals surface area (Å²) in [6, 6.07) is 0. The van der Waals surface area contributed by atoms with Gasteiger partial charge in [0.25, 0.3) is 0 Å². The van der Waals surface area contributed by atoms with Gasteiger partial charge in [0.1, 0.15) is 0 Å². The number of fused-ring (bicyclic) bond motifs is 1. The van der Waals surface area contributed by atoms with Crippen LogP contribution in [-0.2, 0) is 9.22 Å². The maximum Gasteiger partial charge on any atom is 0.200 e. The van der Waals surface area contributed by atoms with Crippen molar-refractivity contribution in [3.8, 4) is 0 Å². The van der Waals surface area contributed by atoms with E-state index < -0.39 is 8.32 Å². The predicted molar refractivity (Wildman–Crippen MR) is 86.3 cm³/mol. The van der Waals surface area contributed by atoms with Gasteiger partial charge < -0.3 is 4.43 Å². The first-order chi connectivity index (χ1) is 9.29. The summed E-state index contributed by atoms with van der Waals surface area (Å²) in [6.07, 6.45) is 6.19. The highest BCUT2D eigenvalue weighted by molar-refractivity contribution is 6.77. The van der Waals surface area contributed by atoms with Crippen LogP contribution in [0.2, 0.25) is 16.6 Å². The lowest BCUT2D eigenvalue weighted by Crippen LogP contribution is -2.50. The molecule has 2 aliphatic rings. The van der Waals surface area contributed by atoms with Crippen LogP contribution in [0.1, 0.15) is 54.4 Å². The van der Waals surface area contributed by atoms with Crippen LogP contribution in [0.15, 0.2) is 12.2 Å². The van der Waals surface area contributed by atoms with E-state index in [0.717, 1.165) is 12.8 Å². The third kappa shape index (κ3) is 2.55. The molecule has 0 aromatic heterocycles. The predicted octanol–water partition coefficient (Wildman–Crippen LogP) is 4.71. The van der Waals surface area contributed by atoms with Crippen molar-refractivity contribution >= 4 is 14.1 Å². The normalized spacial score (nSPS) is 30.1. The van der Waals surface area contributed by atoms with Crippen LogP contribution in [0.25, 0.3) is 0 Å². The van der Waals surface area contributed by atoms with Crippen LogP contribution in [0.5, 0.6) is 0 Å². The molecule has 0 unspecified atom stereocenters. The number of carbonyl (C=O) groups is 1. The highest BCUT2D eigenvalue weighted by atomic mass is 28.4. The second-order valence-electron chi connectivity index (χ2n) is 7.56. The standard InChI is InChI=1S/C17H30O2Si/c1-11(2)20(12(3)4,13(5)6)19-15-9-14-7-8-17(18)16(14)10-15/h7-8,11-16H,9-10H2,1-6H3/t14-,15-,16+/m1/s1. The summed E-state index contributed by atoms with van der Waals surface area (Å²) in [5, 5.41) is 0. The van der Waals surface area contributed by atoms with Gasteiger partial charge in [-0.05, 0) is 41.5 Å². The fraction of sp³-hybridized carbons (Fsp3) is 0.824. The maximum absolute atomic E-state index is 11.8. The molecule has 114 valence electrons. The first-order valence-electron chi connectivity index (χ1n) is 8.18. The van der Waals surface area contributed by atoms with E-state index in [9.17, 15) is 4.79 Å². The second-order valence-corrected chi connectivity index (χ2v) is 13.0. The summed E-state index contributed by atoms with van der Waals surface area (Å²) in [4.78, 5) is 11.8. The summed E-state index contributed by atoms with van der Waals surface area (Å²) in [5.74, 6) is 0.996. The smallest absolute Gasteiger partial charge is 0.200 e. The van der Waals surface area contributed by atoms with Crippen molar-refractivity contribution in [2.24, 2.45) is 11.8 Å². The summed E-state index contributed by atoms with van der Waals surface area (Å²) in [5.41, 5.74) is 1.86. The van der Waals surface area contributed by atoms with E-state index in [-0.39, 0.29) is 5.92 Å². The van der Waals surface area contributed by atoms with Crippen molar-refractivity contribution in [3.05, 3.63) is 12.2 Å². The first kappa shape index (κ1) is 16.0. The molecular formula is C17H30O2Si. The number of allylic oxidation sites excluding steroid dienone is 2. The number of hydrogen-bond acceptors (Lipinski definition) is 2. The molecule has 0 aromatic rings. The Morgan fingerprint density at radius 1 is 1.05 bits per heavy atom. The fourth-order valence-electron chi connectivity index (χ4n) is 4.70. The van der Waals surface area contributed by atoms with E-state index in [4.69, 9.17) is 4.43 Å². The summed E-state index contributed by atoms with van der Waals surface area (Å²) < 4.78 is 6.82. The largest absolute Gasteiger partial charge is 0.413 e. The number of ketones is 1.